The first-order valence-electron chi connectivity index (χ1n) is 6.23. The van der Waals surface area contributed by atoms with Crippen LogP contribution in [0.2, 0.25) is 0 Å². The number of hydrogen-bond donors (Lipinski definition) is 1. The minimum Gasteiger partial charge on any atom is -0.502 e. The molecule has 1 saturated heterocycles. The van der Waals surface area contributed by atoms with Gasteiger partial charge in [0.2, 0.25) is 10.0 Å². The van der Waals surface area contributed by atoms with E-state index in [-0.39, 0.29) is 23.9 Å². The summed E-state index contributed by atoms with van der Waals surface area (Å²) in [6.07, 6.45) is 0.881. The number of nitriles is 1. The smallest absolute Gasteiger partial charge is 0.312 e. The molecule has 2 rings (SSSR count). The molecule has 1 N–H and O–H groups in total. The van der Waals surface area contributed by atoms with Crippen molar-refractivity contribution in [1.82, 2.24) is 4.31 Å². The van der Waals surface area contributed by atoms with Crippen molar-refractivity contribution in [2.75, 3.05) is 13.1 Å². The van der Waals surface area contributed by atoms with Crippen molar-refractivity contribution in [2.45, 2.75) is 17.7 Å². The van der Waals surface area contributed by atoms with Gasteiger partial charge in [0, 0.05) is 25.1 Å². The maximum absolute atomic E-state index is 12.4. The number of nitro groups is 1. The Bertz CT molecular complexity index is 702. The standard InChI is InChI=1S/C12H13N3O5S/c13-8-9-3-5-14(6-4-9)21(19,20)10-1-2-12(16)11(7-10)15(17)18/h1-2,7,9,16H,3-6H2. The van der Waals surface area contributed by atoms with E-state index in [0.29, 0.717) is 12.8 Å². The largest absolute Gasteiger partial charge is 0.502 e. The number of phenolic OH excluding ortho intramolecular Hbond substituents is 1. The van der Waals surface area contributed by atoms with Gasteiger partial charge in [0.15, 0.2) is 5.75 Å². The van der Waals surface area contributed by atoms with Crippen LogP contribution in [-0.2, 0) is 10.0 Å². The molecule has 1 heterocycles. The fourth-order valence-electron chi connectivity index (χ4n) is 2.18. The van der Waals surface area contributed by atoms with Crippen LogP contribution in [-0.4, -0.2) is 35.8 Å². The van der Waals surface area contributed by atoms with Gasteiger partial charge in [-0.1, -0.05) is 0 Å². The Morgan fingerprint density at radius 3 is 2.52 bits per heavy atom. The summed E-state index contributed by atoms with van der Waals surface area (Å²) >= 11 is 0. The second-order valence-corrected chi connectivity index (χ2v) is 6.65. The molecule has 0 atom stereocenters. The highest BCUT2D eigenvalue weighted by molar-refractivity contribution is 7.89. The van der Waals surface area contributed by atoms with Crippen LogP contribution in [0, 0.1) is 27.4 Å². The van der Waals surface area contributed by atoms with Crippen molar-refractivity contribution >= 4 is 15.7 Å². The molecule has 1 aromatic rings. The van der Waals surface area contributed by atoms with Crippen LogP contribution >= 0.6 is 0 Å². The van der Waals surface area contributed by atoms with E-state index >= 15 is 0 Å². The number of nitrogens with zero attached hydrogens (tertiary/aromatic N) is 3. The van der Waals surface area contributed by atoms with Crippen molar-refractivity contribution in [3.8, 4) is 11.8 Å². The minimum absolute atomic E-state index is 0.161. The molecule has 0 bridgehead atoms. The lowest BCUT2D eigenvalue weighted by atomic mass is 10.0. The lowest BCUT2D eigenvalue weighted by molar-refractivity contribution is -0.386. The van der Waals surface area contributed by atoms with Gasteiger partial charge in [0.05, 0.1) is 15.9 Å². The highest BCUT2D eigenvalue weighted by Gasteiger charge is 2.31. The number of nitro benzene ring substituents is 1. The van der Waals surface area contributed by atoms with Gasteiger partial charge in [0.1, 0.15) is 0 Å². The normalized spacial score (nSPS) is 17.3. The molecule has 21 heavy (non-hydrogen) atoms. The molecule has 112 valence electrons. The molecule has 0 saturated carbocycles. The number of aromatic hydroxyl groups is 1. The zero-order valence-electron chi connectivity index (χ0n) is 11.0. The Morgan fingerprint density at radius 2 is 2.00 bits per heavy atom. The topological polar surface area (TPSA) is 125 Å². The second kappa shape index (κ2) is 5.67. The molecule has 0 aromatic heterocycles. The first-order chi connectivity index (χ1) is 9.86. The SMILES string of the molecule is N#CC1CCN(S(=O)(=O)c2ccc(O)c([N+](=O)[O-])c2)CC1. The molecular weight excluding hydrogens is 298 g/mol. The number of benzene rings is 1. The summed E-state index contributed by atoms with van der Waals surface area (Å²) in [5.74, 6) is -0.743. The average Bonchev–Trinajstić information content (AvgIpc) is 2.47. The molecule has 1 aliphatic rings. The third-order valence-corrected chi connectivity index (χ3v) is 5.31. The predicted octanol–water partition coefficient (Wildman–Crippen LogP) is 1.22. The predicted molar refractivity (Wildman–Crippen MR) is 71.9 cm³/mol. The van der Waals surface area contributed by atoms with Crippen molar-refractivity contribution < 1.29 is 18.4 Å². The van der Waals surface area contributed by atoms with Crippen molar-refractivity contribution in [2.24, 2.45) is 5.92 Å². The molecule has 0 unspecified atom stereocenters. The van der Waals surface area contributed by atoms with E-state index in [1.54, 1.807) is 0 Å². The quantitative estimate of drug-likeness (QED) is 0.661. The van der Waals surface area contributed by atoms with Crippen LogP contribution in [0.1, 0.15) is 12.8 Å². The molecule has 1 aliphatic heterocycles. The van der Waals surface area contributed by atoms with E-state index < -0.39 is 26.4 Å². The monoisotopic (exact) mass is 311 g/mol. The number of hydrogen-bond acceptors (Lipinski definition) is 6. The summed E-state index contributed by atoms with van der Waals surface area (Å²) in [5.41, 5.74) is -0.650. The minimum atomic E-state index is -3.86. The van der Waals surface area contributed by atoms with E-state index in [1.165, 1.54) is 4.31 Å². The van der Waals surface area contributed by atoms with Crippen LogP contribution in [0.5, 0.6) is 5.75 Å². The van der Waals surface area contributed by atoms with Gasteiger partial charge < -0.3 is 5.11 Å². The van der Waals surface area contributed by atoms with Gasteiger partial charge in [-0.15, -0.1) is 0 Å². The number of phenols is 1. The maximum Gasteiger partial charge on any atom is 0.312 e. The molecule has 0 radical (unpaired) electrons. The van der Waals surface area contributed by atoms with E-state index in [4.69, 9.17) is 5.26 Å². The Kier molecular flexibility index (Phi) is 4.11. The van der Waals surface area contributed by atoms with Crippen LogP contribution in [0.3, 0.4) is 0 Å². The number of piperidine rings is 1. The Balaban J connectivity index is 2.31. The van der Waals surface area contributed by atoms with Gasteiger partial charge in [-0.3, -0.25) is 10.1 Å². The van der Waals surface area contributed by atoms with Gasteiger partial charge in [0.25, 0.3) is 0 Å². The van der Waals surface area contributed by atoms with E-state index in [2.05, 4.69) is 6.07 Å². The van der Waals surface area contributed by atoms with Crippen molar-refractivity contribution in [3.05, 3.63) is 28.3 Å². The van der Waals surface area contributed by atoms with Crippen LogP contribution < -0.4 is 0 Å². The first kappa shape index (κ1) is 15.2. The molecule has 8 nitrogen and oxygen atoms in total. The van der Waals surface area contributed by atoms with Gasteiger partial charge in [-0.05, 0) is 25.0 Å². The average molecular weight is 311 g/mol. The third-order valence-electron chi connectivity index (χ3n) is 3.42. The van der Waals surface area contributed by atoms with Crippen LogP contribution in [0.25, 0.3) is 0 Å². The summed E-state index contributed by atoms with van der Waals surface area (Å²) in [7, 11) is -3.86. The molecule has 0 spiro atoms. The van der Waals surface area contributed by atoms with Crippen LogP contribution in [0.4, 0.5) is 5.69 Å². The molecular formula is C12H13N3O5S. The second-order valence-electron chi connectivity index (χ2n) is 4.72. The van der Waals surface area contributed by atoms with Crippen LogP contribution in [0.15, 0.2) is 23.1 Å². The summed E-state index contributed by atoms with van der Waals surface area (Å²) < 4.78 is 26.0. The first-order valence-corrected chi connectivity index (χ1v) is 7.67. The molecule has 0 amide bonds. The Labute approximate surface area is 121 Å². The Hall–Kier alpha value is -2.18. The molecule has 9 heteroatoms. The van der Waals surface area contributed by atoms with E-state index in [1.807, 2.05) is 0 Å². The maximum atomic E-state index is 12.4. The molecule has 0 aliphatic carbocycles. The van der Waals surface area contributed by atoms with E-state index in [0.717, 1.165) is 18.2 Å². The van der Waals surface area contributed by atoms with Gasteiger partial charge >= 0.3 is 5.69 Å². The fraction of sp³-hybridized carbons (Fsp3) is 0.417. The lowest BCUT2D eigenvalue weighted by Gasteiger charge is -2.28. The summed E-state index contributed by atoms with van der Waals surface area (Å²) in [6, 6.07) is 5.08. The molecule has 1 fully saturated rings. The third kappa shape index (κ3) is 2.96. The Morgan fingerprint density at radius 1 is 1.38 bits per heavy atom. The van der Waals surface area contributed by atoms with Gasteiger partial charge in [-0.2, -0.15) is 9.57 Å². The fourth-order valence-corrected chi connectivity index (χ4v) is 3.67. The molecule has 1 aromatic carbocycles. The summed E-state index contributed by atoms with van der Waals surface area (Å²) in [6.45, 7) is 0.407. The van der Waals surface area contributed by atoms with Crippen molar-refractivity contribution in [1.29, 1.82) is 5.26 Å². The zero-order valence-corrected chi connectivity index (χ0v) is 11.8. The van der Waals surface area contributed by atoms with Gasteiger partial charge in [-0.25, -0.2) is 8.42 Å². The highest BCUT2D eigenvalue weighted by atomic mass is 32.2. The van der Waals surface area contributed by atoms with Crippen molar-refractivity contribution in [3.63, 3.8) is 0 Å². The van der Waals surface area contributed by atoms with E-state index in [9.17, 15) is 23.6 Å². The summed E-state index contributed by atoms with van der Waals surface area (Å²) in [4.78, 5) is 9.69. The summed E-state index contributed by atoms with van der Waals surface area (Å²) in [5, 5.41) is 28.9. The number of rotatable bonds is 3. The number of sulfonamides is 1. The highest BCUT2D eigenvalue weighted by Crippen LogP contribution is 2.30. The lowest BCUT2D eigenvalue weighted by Crippen LogP contribution is -2.38. The zero-order chi connectivity index (χ0) is 15.6.